The van der Waals surface area contributed by atoms with E-state index >= 15 is 0 Å². The molecular weight excluding hydrogens is 236 g/mol. The van der Waals surface area contributed by atoms with Gasteiger partial charge in [0, 0.05) is 31.2 Å². The Morgan fingerprint density at radius 2 is 2.32 bits per heavy atom. The van der Waals surface area contributed by atoms with E-state index < -0.39 is 0 Å². The Hall–Kier alpha value is -1.81. The van der Waals surface area contributed by atoms with Crippen molar-refractivity contribution in [3.8, 4) is 0 Å². The molecule has 0 radical (unpaired) electrons. The Kier molecular flexibility index (Phi) is 3.25. The number of aromatic nitrogens is 2. The van der Waals surface area contributed by atoms with Gasteiger partial charge in [-0.05, 0) is 24.5 Å². The average Bonchev–Trinajstić information content (AvgIpc) is 3.00. The van der Waals surface area contributed by atoms with Crippen LogP contribution in [0.4, 0.5) is 5.69 Å². The van der Waals surface area contributed by atoms with Crippen LogP contribution in [0.25, 0.3) is 0 Å². The van der Waals surface area contributed by atoms with Crippen molar-refractivity contribution >= 4 is 5.69 Å². The van der Waals surface area contributed by atoms with E-state index in [1.807, 2.05) is 17.1 Å². The van der Waals surface area contributed by atoms with Gasteiger partial charge in [-0.1, -0.05) is 24.3 Å². The second-order valence-electron chi connectivity index (χ2n) is 5.19. The molecule has 3 N–H and O–H groups in total. The third kappa shape index (κ3) is 2.79. The molecule has 1 saturated carbocycles. The predicted molar refractivity (Wildman–Crippen MR) is 77.0 cm³/mol. The standard InChI is InChI=1S/C15H20N4/c1-2-19-10-13(9-18-19)17-8-11-4-3-5-12(6-11)14-7-15(14)16/h3-6,9-10,14-15,17H,2,7-8,16H2,1H3. The van der Waals surface area contributed by atoms with Gasteiger partial charge in [0.2, 0.25) is 0 Å². The maximum atomic E-state index is 5.91. The molecule has 100 valence electrons. The van der Waals surface area contributed by atoms with Crippen molar-refractivity contribution in [2.24, 2.45) is 5.73 Å². The van der Waals surface area contributed by atoms with Gasteiger partial charge in [-0.15, -0.1) is 0 Å². The first kappa shape index (κ1) is 12.2. The molecule has 1 aliphatic rings. The minimum atomic E-state index is 0.367. The number of nitrogens with one attached hydrogen (secondary N) is 1. The van der Waals surface area contributed by atoms with Gasteiger partial charge in [0.25, 0.3) is 0 Å². The highest BCUT2D eigenvalue weighted by Crippen LogP contribution is 2.39. The maximum Gasteiger partial charge on any atom is 0.0729 e. The topological polar surface area (TPSA) is 55.9 Å². The van der Waals surface area contributed by atoms with Crippen LogP contribution < -0.4 is 11.1 Å². The lowest BCUT2D eigenvalue weighted by molar-refractivity contribution is 0.660. The summed E-state index contributed by atoms with van der Waals surface area (Å²) in [7, 11) is 0. The number of anilines is 1. The quantitative estimate of drug-likeness (QED) is 0.863. The first-order chi connectivity index (χ1) is 9.26. The van der Waals surface area contributed by atoms with Crippen LogP contribution in [0.15, 0.2) is 36.7 Å². The SMILES string of the molecule is CCn1cc(NCc2cccc(C3CC3N)c2)cn1. The Balaban J connectivity index is 1.63. The number of aryl methyl sites for hydroxylation is 1. The summed E-state index contributed by atoms with van der Waals surface area (Å²) >= 11 is 0. The van der Waals surface area contributed by atoms with Crippen LogP contribution in [0.2, 0.25) is 0 Å². The Morgan fingerprint density at radius 3 is 3.00 bits per heavy atom. The molecule has 3 rings (SSSR count). The second kappa shape index (κ2) is 5.05. The lowest BCUT2D eigenvalue weighted by atomic mass is 10.1. The van der Waals surface area contributed by atoms with Crippen LogP contribution in [0, 0.1) is 0 Å². The van der Waals surface area contributed by atoms with Gasteiger partial charge in [-0.25, -0.2) is 0 Å². The lowest BCUT2D eigenvalue weighted by Crippen LogP contribution is -2.02. The van der Waals surface area contributed by atoms with Gasteiger partial charge >= 0.3 is 0 Å². The molecule has 1 fully saturated rings. The van der Waals surface area contributed by atoms with Crippen molar-refractivity contribution in [1.29, 1.82) is 0 Å². The van der Waals surface area contributed by atoms with Crippen molar-refractivity contribution < 1.29 is 0 Å². The molecule has 0 bridgehead atoms. The Labute approximate surface area is 113 Å². The highest BCUT2D eigenvalue weighted by molar-refractivity contribution is 5.40. The van der Waals surface area contributed by atoms with E-state index in [4.69, 9.17) is 5.73 Å². The van der Waals surface area contributed by atoms with Crippen LogP contribution in [0.3, 0.4) is 0 Å². The van der Waals surface area contributed by atoms with Crippen molar-refractivity contribution in [3.05, 3.63) is 47.8 Å². The zero-order chi connectivity index (χ0) is 13.2. The van der Waals surface area contributed by atoms with Crippen LogP contribution in [-0.4, -0.2) is 15.8 Å². The minimum absolute atomic E-state index is 0.367. The molecule has 4 nitrogen and oxygen atoms in total. The van der Waals surface area contributed by atoms with E-state index in [9.17, 15) is 0 Å². The summed E-state index contributed by atoms with van der Waals surface area (Å²) in [5.74, 6) is 0.572. The van der Waals surface area contributed by atoms with E-state index in [-0.39, 0.29) is 0 Å². The fourth-order valence-corrected chi connectivity index (χ4v) is 2.36. The van der Waals surface area contributed by atoms with Gasteiger partial charge in [-0.2, -0.15) is 5.10 Å². The van der Waals surface area contributed by atoms with Gasteiger partial charge in [0.15, 0.2) is 0 Å². The van der Waals surface area contributed by atoms with Gasteiger partial charge in [-0.3, -0.25) is 4.68 Å². The van der Waals surface area contributed by atoms with Crippen LogP contribution in [0.1, 0.15) is 30.4 Å². The van der Waals surface area contributed by atoms with Crippen LogP contribution in [-0.2, 0) is 13.1 Å². The zero-order valence-electron chi connectivity index (χ0n) is 11.2. The first-order valence-electron chi connectivity index (χ1n) is 6.87. The molecule has 1 heterocycles. The predicted octanol–water partition coefficient (Wildman–Crippen LogP) is 2.33. The molecular formula is C15H20N4. The summed E-state index contributed by atoms with van der Waals surface area (Å²) in [6, 6.07) is 9.07. The van der Waals surface area contributed by atoms with Crippen molar-refractivity contribution in [1.82, 2.24) is 9.78 Å². The van der Waals surface area contributed by atoms with E-state index in [1.54, 1.807) is 0 Å². The van der Waals surface area contributed by atoms with Crippen LogP contribution >= 0.6 is 0 Å². The third-order valence-electron chi connectivity index (χ3n) is 3.67. The molecule has 2 aromatic rings. The van der Waals surface area contributed by atoms with Crippen molar-refractivity contribution in [2.45, 2.75) is 38.4 Å². The molecule has 0 aliphatic heterocycles. The summed E-state index contributed by atoms with van der Waals surface area (Å²) in [5.41, 5.74) is 9.63. The van der Waals surface area contributed by atoms with E-state index in [0.717, 1.165) is 25.2 Å². The van der Waals surface area contributed by atoms with E-state index in [1.165, 1.54) is 11.1 Å². The molecule has 1 aliphatic carbocycles. The third-order valence-corrected chi connectivity index (χ3v) is 3.67. The highest BCUT2D eigenvalue weighted by atomic mass is 15.3. The maximum absolute atomic E-state index is 5.91. The summed E-state index contributed by atoms with van der Waals surface area (Å²) in [4.78, 5) is 0. The molecule has 1 aromatic heterocycles. The molecule has 19 heavy (non-hydrogen) atoms. The van der Waals surface area contributed by atoms with E-state index in [2.05, 4.69) is 41.6 Å². The number of benzene rings is 1. The summed E-state index contributed by atoms with van der Waals surface area (Å²) in [6.45, 7) is 3.81. The van der Waals surface area contributed by atoms with Crippen molar-refractivity contribution in [3.63, 3.8) is 0 Å². The Morgan fingerprint density at radius 1 is 1.47 bits per heavy atom. The summed E-state index contributed by atoms with van der Waals surface area (Å²) in [6.07, 6.45) is 5.02. The average molecular weight is 256 g/mol. The molecule has 0 saturated heterocycles. The fraction of sp³-hybridized carbons (Fsp3) is 0.400. The number of nitrogens with two attached hydrogens (primary N) is 1. The Bertz CT molecular complexity index is 561. The first-order valence-corrected chi connectivity index (χ1v) is 6.87. The van der Waals surface area contributed by atoms with Crippen molar-refractivity contribution in [2.75, 3.05) is 5.32 Å². The molecule has 0 amide bonds. The van der Waals surface area contributed by atoms with Gasteiger partial charge < -0.3 is 11.1 Å². The van der Waals surface area contributed by atoms with Gasteiger partial charge in [0.1, 0.15) is 0 Å². The minimum Gasteiger partial charge on any atom is -0.378 e. The monoisotopic (exact) mass is 256 g/mol. The van der Waals surface area contributed by atoms with Crippen LogP contribution in [0.5, 0.6) is 0 Å². The van der Waals surface area contributed by atoms with E-state index in [0.29, 0.717) is 12.0 Å². The fourth-order valence-electron chi connectivity index (χ4n) is 2.36. The summed E-state index contributed by atoms with van der Waals surface area (Å²) in [5, 5.41) is 7.65. The summed E-state index contributed by atoms with van der Waals surface area (Å²) < 4.78 is 1.92. The second-order valence-corrected chi connectivity index (χ2v) is 5.19. The molecule has 0 spiro atoms. The number of nitrogens with zero attached hydrogens (tertiary/aromatic N) is 2. The normalized spacial score (nSPS) is 21.4. The highest BCUT2D eigenvalue weighted by Gasteiger charge is 2.34. The number of hydrogen-bond acceptors (Lipinski definition) is 3. The molecule has 1 aromatic carbocycles. The molecule has 4 heteroatoms. The molecule has 2 unspecified atom stereocenters. The number of rotatable bonds is 5. The smallest absolute Gasteiger partial charge is 0.0729 e. The number of hydrogen-bond donors (Lipinski definition) is 2. The zero-order valence-corrected chi connectivity index (χ0v) is 11.2. The largest absolute Gasteiger partial charge is 0.378 e. The molecule has 2 atom stereocenters. The lowest BCUT2D eigenvalue weighted by Gasteiger charge is -2.06. The van der Waals surface area contributed by atoms with Gasteiger partial charge in [0.05, 0.1) is 11.9 Å².